The van der Waals surface area contributed by atoms with E-state index in [9.17, 15) is 4.79 Å². The van der Waals surface area contributed by atoms with Crippen LogP contribution in [0.4, 0.5) is 4.79 Å². The van der Waals surface area contributed by atoms with Crippen LogP contribution in [0.5, 0.6) is 0 Å². The van der Waals surface area contributed by atoms with Crippen molar-refractivity contribution in [2.75, 3.05) is 0 Å². The summed E-state index contributed by atoms with van der Waals surface area (Å²) >= 11 is 0. The largest absolute Gasteiger partial charge is 0.464 e. The lowest BCUT2D eigenvalue weighted by Gasteiger charge is -2.03. The highest BCUT2D eigenvalue weighted by molar-refractivity contribution is 5.80. The second kappa shape index (κ2) is 1.66. The third kappa shape index (κ3) is 0.684. The van der Waals surface area contributed by atoms with Gasteiger partial charge in [-0.05, 0) is 0 Å². The first-order chi connectivity index (χ1) is 3.80. The van der Waals surface area contributed by atoms with Crippen LogP contribution in [0.15, 0.2) is 5.10 Å². The van der Waals surface area contributed by atoms with Gasteiger partial charge in [-0.3, -0.25) is 0 Å². The van der Waals surface area contributed by atoms with Crippen LogP contribution in [0.3, 0.4) is 0 Å². The third-order valence-electron chi connectivity index (χ3n) is 0.614. The minimum atomic E-state index is -1.10. The lowest BCUT2D eigenvalue weighted by Crippen LogP contribution is -2.40. The smallest absolute Gasteiger partial charge is 0.429 e. The van der Waals surface area contributed by atoms with Gasteiger partial charge in [0.1, 0.15) is 6.34 Å². The number of hydrazone groups is 1. The maximum atomic E-state index is 9.93. The molecule has 1 heterocycles. The van der Waals surface area contributed by atoms with Gasteiger partial charge in [-0.1, -0.05) is 0 Å². The van der Waals surface area contributed by atoms with Crippen LogP contribution < -0.4 is 11.1 Å². The predicted molar refractivity (Wildman–Crippen MR) is 24.6 cm³/mol. The molecule has 0 aliphatic carbocycles. The van der Waals surface area contributed by atoms with E-state index in [-0.39, 0.29) is 0 Å². The Hall–Kier alpha value is -1.30. The van der Waals surface area contributed by atoms with E-state index in [1.165, 1.54) is 0 Å². The van der Waals surface area contributed by atoms with Crippen LogP contribution in [0, 0.1) is 0 Å². The number of hydrogen-bond acceptors (Lipinski definition) is 4. The lowest BCUT2D eigenvalue weighted by molar-refractivity contribution is 0.154. The Bertz CT molecular complexity index is 132. The molecule has 1 amide bonds. The average molecular weight is 116 g/mol. The molecule has 0 fully saturated rings. The quantitative estimate of drug-likeness (QED) is 0.376. The molecule has 0 atom stereocenters. The van der Waals surface area contributed by atoms with E-state index in [0.29, 0.717) is 0 Å². The van der Waals surface area contributed by atoms with E-state index in [2.05, 4.69) is 16.2 Å². The highest BCUT2D eigenvalue weighted by Gasteiger charge is 2.10. The highest BCUT2D eigenvalue weighted by Crippen LogP contribution is 1.79. The van der Waals surface area contributed by atoms with Crippen molar-refractivity contribution in [2.24, 2.45) is 5.10 Å². The molecule has 3 N–H and O–H groups in total. The molecule has 1 rings (SSSR count). The molecule has 0 spiro atoms. The first kappa shape index (κ1) is 4.85. The number of carboxylic acid groups (broad SMARTS) is 1. The molecule has 6 heteroatoms. The Kier molecular flexibility index (Phi) is 1.01. The predicted octanol–water partition coefficient (Wildman–Crippen LogP) is -1.07. The molecule has 0 aromatic carbocycles. The summed E-state index contributed by atoms with van der Waals surface area (Å²) in [4.78, 5) is 9.93. The standard InChI is InChI=1S/C2H4N4O2/c7-2(8)6-1-3-4-5-6/h1,4-5H,(H,7,8). The Morgan fingerprint density at radius 2 is 2.62 bits per heavy atom. The number of nitrogens with one attached hydrogen (secondary N) is 2. The van der Waals surface area contributed by atoms with E-state index in [4.69, 9.17) is 5.11 Å². The first-order valence-corrected chi connectivity index (χ1v) is 1.86. The van der Waals surface area contributed by atoms with E-state index >= 15 is 0 Å². The number of rotatable bonds is 0. The zero-order chi connectivity index (χ0) is 5.98. The molecule has 44 valence electrons. The zero-order valence-corrected chi connectivity index (χ0v) is 3.83. The third-order valence-corrected chi connectivity index (χ3v) is 0.614. The first-order valence-electron chi connectivity index (χ1n) is 1.86. The fourth-order valence-electron chi connectivity index (χ4n) is 0.295. The number of carbonyl (C=O) groups is 1. The second-order valence-corrected chi connectivity index (χ2v) is 1.12. The molecule has 0 saturated carbocycles. The molecule has 8 heavy (non-hydrogen) atoms. The van der Waals surface area contributed by atoms with Gasteiger partial charge >= 0.3 is 6.09 Å². The Labute approximate surface area is 44.7 Å². The van der Waals surface area contributed by atoms with E-state index in [1.54, 1.807) is 0 Å². The summed E-state index contributed by atoms with van der Waals surface area (Å²) in [5.74, 6) is 0. The Balaban J connectivity index is 2.48. The summed E-state index contributed by atoms with van der Waals surface area (Å²) in [6, 6.07) is 0. The molecule has 6 nitrogen and oxygen atoms in total. The van der Waals surface area contributed by atoms with E-state index in [0.717, 1.165) is 11.3 Å². The highest BCUT2D eigenvalue weighted by atomic mass is 16.4. The average Bonchev–Trinajstić information content (AvgIpc) is 2.12. The van der Waals surface area contributed by atoms with Gasteiger partial charge in [0.15, 0.2) is 0 Å². The number of hydrogen-bond donors (Lipinski definition) is 3. The fourth-order valence-corrected chi connectivity index (χ4v) is 0.295. The normalized spacial score (nSPS) is 16.2. The Morgan fingerprint density at radius 3 is 2.88 bits per heavy atom. The van der Waals surface area contributed by atoms with Gasteiger partial charge in [0.2, 0.25) is 0 Å². The van der Waals surface area contributed by atoms with Crippen molar-refractivity contribution in [3.63, 3.8) is 0 Å². The van der Waals surface area contributed by atoms with Gasteiger partial charge < -0.3 is 5.11 Å². The van der Waals surface area contributed by atoms with Crippen molar-refractivity contribution in [1.82, 2.24) is 16.1 Å². The van der Waals surface area contributed by atoms with Crippen LogP contribution in [0.2, 0.25) is 0 Å². The molecule has 0 unspecified atom stereocenters. The van der Waals surface area contributed by atoms with Crippen molar-refractivity contribution in [1.29, 1.82) is 0 Å². The molecular formula is C2H4N4O2. The fraction of sp³-hybridized carbons (Fsp3) is 0. The van der Waals surface area contributed by atoms with Crippen molar-refractivity contribution in [3.8, 4) is 0 Å². The number of hydrazine groups is 2. The maximum Gasteiger partial charge on any atom is 0.429 e. The van der Waals surface area contributed by atoms with Crippen LogP contribution in [0.25, 0.3) is 0 Å². The van der Waals surface area contributed by atoms with Gasteiger partial charge in [0.05, 0.1) is 0 Å². The van der Waals surface area contributed by atoms with Crippen LogP contribution in [-0.2, 0) is 0 Å². The molecule has 0 saturated heterocycles. The summed E-state index contributed by atoms with van der Waals surface area (Å²) in [7, 11) is 0. The summed E-state index contributed by atoms with van der Waals surface area (Å²) in [5, 5.41) is 12.3. The van der Waals surface area contributed by atoms with Crippen molar-refractivity contribution in [2.45, 2.75) is 0 Å². The van der Waals surface area contributed by atoms with Crippen LogP contribution in [-0.4, -0.2) is 22.5 Å². The SMILES string of the molecule is O=C(O)N1C=NNN1. The van der Waals surface area contributed by atoms with Gasteiger partial charge in [-0.25, -0.2) is 10.3 Å². The van der Waals surface area contributed by atoms with Crippen molar-refractivity contribution < 1.29 is 9.90 Å². The minimum Gasteiger partial charge on any atom is -0.464 e. The molecule has 0 aromatic rings. The monoisotopic (exact) mass is 116 g/mol. The Morgan fingerprint density at radius 1 is 1.88 bits per heavy atom. The number of nitrogens with zero attached hydrogens (tertiary/aromatic N) is 2. The summed E-state index contributed by atoms with van der Waals surface area (Å²) in [6.45, 7) is 0. The van der Waals surface area contributed by atoms with Crippen molar-refractivity contribution in [3.05, 3.63) is 0 Å². The molecule has 1 aliphatic rings. The minimum absolute atomic E-state index is 0.792. The number of amides is 1. The van der Waals surface area contributed by atoms with E-state index < -0.39 is 6.09 Å². The van der Waals surface area contributed by atoms with Gasteiger partial charge in [0.25, 0.3) is 0 Å². The molecule has 0 radical (unpaired) electrons. The van der Waals surface area contributed by atoms with Gasteiger partial charge in [-0.2, -0.15) is 10.1 Å². The lowest BCUT2D eigenvalue weighted by atomic mass is 11.0. The summed E-state index contributed by atoms with van der Waals surface area (Å²) in [6.07, 6.45) is 0.0150. The van der Waals surface area contributed by atoms with E-state index in [1.807, 2.05) is 0 Å². The topological polar surface area (TPSA) is 77.0 Å². The van der Waals surface area contributed by atoms with Gasteiger partial charge in [0, 0.05) is 0 Å². The second-order valence-electron chi connectivity index (χ2n) is 1.12. The maximum absolute atomic E-state index is 9.93. The molecule has 0 bridgehead atoms. The summed E-state index contributed by atoms with van der Waals surface area (Å²) in [5.41, 5.74) is 4.44. The summed E-state index contributed by atoms with van der Waals surface area (Å²) < 4.78 is 0. The molecule has 1 aliphatic heterocycles. The zero-order valence-electron chi connectivity index (χ0n) is 3.83. The van der Waals surface area contributed by atoms with Crippen LogP contribution in [0.1, 0.15) is 0 Å². The molecule has 0 aromatic heterocycles. The van der Waals surface area contributed by atoms with Crippen LogP contribution >= 0.6 is 0 Å². The van der Waals surface area contributed by atoms with Crippen molar-refractivity contribution >= 4 is 12.4 Å². The molecular weight excluding hydrogens is 112 g/mol. The van der Waals surface area contributed by atoms with Gasteiger partial charge in [-0.15, -0.1) is 5.53 Å².